The first-order valence-corrected chi connectivity index (χ1v) is 10.2. The summed E-state index contributed by atoms with van der Waals surface area (Å²) in [4.78, 5) is 0. The number of benzene rings is 1. The average molecular weight is 340 g/mol. The Hall–Kier alpha value is -1.77. The van der Waals surface area contributed by atoms with Gasteiger partial charge in [-0.05, 0) is 63.3 Å². The van der Waals surface area contributed by atoms with Crippen molar-refractivity contribution in [3.8, 4) is 11.4 Å². The lowest BCUT2D eigenvalue weighted by molar-refractivity contribution is -0.604. The van der Waals surface area contributed by atoms with Gasteiger partial charge >= 0.3 is 0 Å². The molecular formula is C22H31N2O+. The number of ether oxygens (including phenoxy) is 1. The van der Waals surface area contributed by atoms with Crippen LogP contribution in [0.4, 0.5) is 0 Å². The summed E-state index contributed by atoms with van der Waals surface area (Å²) in [6.45, 7) is 3.96. The molecule has 134 valence electrons. The number of nitrogens with zero attached hydrogens (tertiary/aromatic N) is 2. The van der Waals surface area contributed by atoms with E-state index in [2.05, 4.69) is 39.6 Å². The lowest BCUT2D eigenvalue weighted by Crippen LogP contribution is -2.34. The van der Waals surface area contributed by atoms with Gasteiger partial charge in [0.1, 0.15) is 23.3 Å². The van der Waals surface area contributed by atoms with Crippen LogP contribution >= 0.6 is 0 Å². The van der Waals surface area contributed by atoms with Crippen molar-refractivity contribution in [3.05, 3.63) is 42.0 Å². The summed E-state index contributed by atoms with van der Waals surface area (Å²) in [6.07, 6.45) is 14.6. The van der Waals surface area contributed by atoms with E-state index in [-0.39, 0.29) is 0 Å². The molecule has 4 rings (SSSR count). The molecule has 0 radical (unpaired) electrons. The van der Waals surface area contributed by atoms with Crippen molar-refractivity contribution in [2.45, 2.75) is 77.2 Å². The van der Waals surface area contributed by atoms with Gasteiger partial charge < -0.3 is 4.74 Å². The second kappa shape index (κ2) is 7.63. The summed E-state index contributed by atoms with van der Waals surface area (Å²) in [7, 11) is 0. The van der Waals surface area contributed by atoms with Crippen LogP contribution in [0.3, 0.4) is 0 Å². The van der Waals surface area contributed by atoms with Crippen molar-refractivity contribution in [2.24, 2.45) is 0 Å². The zero-order chi connectivity index (χ0) is 17.1. The Morgan fingerprint density at radius 3 is 2.52 bits per heavy atom. The fourth-order valence-electron chi connectivity index (χ4n) is 4.62. The van der Waals surface area contributed by atoms with E-state index >= 15 is 0 Å². The minimum Gasteiger partial charge on any atom is -0.494 e. The third-order valence-electron chi connectivity index (χ3n) is 5.89. The molecule has 1 saturated carbocycles. The van der Waals surface area contributed by atoms with Crippen LogP contribution in [0, 0.1) is 0 Å². The van der Waals surface area contributed by atoms with Crippen LogP contribution in [0.15, 0.2) is 30.5 Å². The SMILES string of the molecule is CCOc1ccc(-[n+]2cc(C3CCCCC3)n3c2CCCCC3)cc1. The van der Waals surface area contributed by atoms with Crippen LogP contribution in [-0.2, 0) is 13.0 Å². The summed E-state index contributed by atoms with van der Waals surface area (Å²) in [5, 5.41) is 0. The molecule has 0 saturated heterocycles. The minimum atomic E-state index is 0.722. The van der Waals surface area contributed by atoms with Gasteiger partial charge in [-0.2, -0.15) is 4.57 Å². The van der Waals surface area contributed by atoms with Gasteiger partial charge in [0, 0.05) is 12.3 Å². The van der Waals surface area contributed by atoms with Gasteiger partial charge in [0.2, 0.25) is 0 Å². The standard InChI is InChI=1S/C22H31N2O/c1-2-25-20-14-12-19(13-15-20)24-17-21(18-9-5-3-6-10-18)23-16-8-4-7-11-22(23)24/h12-15,17-18H,2-11,16H2,1H3/q+1. The van der Waals surface area contributed by atoms with Crippen molar-refractivity contribution in [1.29, 1.82) is 0 Å². The molecule has 1 fully saturated rings. The molecular weight excluding hydrogens is 308 g/mol. The molecule has 0 N–H and O–H groups in total. The normalized spacial score (nSPS) is 18.6. The van der Waals surface area contributed by atoms with Crippen LogP contribution in [0.1, 0.15) is 75.7 Å². The molecule has 0 bridgehead atoms. The van der Waals surface area contributed by atoms with E-state index in [0.717, 1.165) is 18.3 Å². The molecule has 1 aliphatic heterocycles. The van der Waals surface area contributed by atoms with Crippen molar-refractivity contribution >= 4 is 0 Å². The van der Waals surface area contributed by atoms with E-state index in [1.807, 2.05) is 6.92 Å². The quantitative estimate of drug-likeness (QED) is 0.722. The van der Waals surface area contributed by atoms with Gasteiger partial charge in [-0.3, -0.25) is 0 Å². The van der Waals surface area contributed by atoms with Gasteiger partial charge in [0.15, 0.2) is 0 Å². The van der Waals surface area contributed by atoms with E-state index in [0.29, 0.717) is 0 Å². The fourth-order valence-corrected chi connectivity index (χ4v) is 4.62. The number of imidazole rings is 1. The molecule has 0 amide bonds. The molecule has 2 heterocycles. The summed E-state index contributed by atoms with van der Waals surface area (Å²) >= 11 is 0. The Balaban J connectivity index is 1.72. The van der Waals surface area contributed by atoms with E-state index in [1.165, 1.54) is 75.8 Å². The lowest BCUT2D eigenvalue weighted by atomic mass is 9.87. The first-order valence-electron chi connectivity index (χ1n) is 10.2. The van der Waals surface area contributed by atoms with Gasteiger partial charge in [-0.1, -0.05) is 19.3 Å². The number of hydrogen-bond acceptors (Lipinski definition) is 1. The number of aromatic nitrogens is 2. The monoisotopic (exact) mass is 339 g/mol. The number of rotatable bonds is 4. The van der Waals surface area contributed by atoms with Crippen LogP contribution in [0.5, 0.6) is 5.75 Å². The predicted molar refractivity (Wildman–Crippen MR) is 101 cm³/mol. The van der Waals surface area contributed by atoms with Crippen molar-refractivity contribution < 1.29 is 9.30 Å². The highest BCUT2D eigenvalue weighted by atomic mass is 16.5. The van der Waals surface area contributed by atoms with Crippen LogP contribution in [0.25, 0.3) is 5.69 Å². The number of fused-ring (bicyclic) bond motifs is 1. The van der Waals surface area contributed by atoms with Crippen molar-refractivity contribution in [2.75, 3.05) is 6.61 Å². The highest BCUT2D eigenvalue weighted by Crippen LogP contribution is 2.34. The van der Waals surface area contributed by atoms with Crippen molar-refractivity contribution in [1.82, 2.24) is 4.57 Å². The number of hydrogen-bond donors (Lipinski definition) is 0. The predicted octanol–water partition coefficient (Wildman–Crippen LogP) is 4.94. The Kier molecular flexibility index (Phi) is 5.09. The van der Waals surface area contributed by atoms with Gasteiger partial charge in [-0.15, -0.1) is 0 Å². The first kappa shape index (κ1) is 16.7. The third kappa shape index (κ3) is 3.47. The second-order valence-electron chi connectivity index (χ2n) is 7.56. The fraction of sp³-hybridized carbons (Fsp3) is 0.591. The van der Waals surface area contributed by atoms with Crippen molar-refractivity contribution in [3.63, 3.8) is 0 Å². The molecule has 0 unspecified atom stereocenters. The Morgan fingerprint density at radius 1 is 1.00 bits per heavy atom. The summed E-state index contributed by atoms with van der Waals surface area (Å²) in [5.41, 5.74) is 2.86. The minimum absolute atomic E-state index is 0.722. The zero-order valence-corrected chi connectivity index (χ0v) is 15.5. The molecule has 25 heavy (non-hydrogen) atoms. The Labute approximate surface area is 151 Å². The largest absolute Gasteiger partial charge is 0.494 e. The summed E-state index contributed by atoms with van der Waals surface area (Å²) < 4.78 is 10.7. The molecule has 1 aromatic carbocycles. The molecule has 3 heteroatoms. The third-order valence-corrected chi connectivity index (χ3v) is 5.89. The second-order valence-corrected chi connectivity index (χ2v) is 7.56. The molecule has 0 spiro atoms. The smallest absolute Gasteiger partial charge is 0.261 e. The van der Waals surface area contributed by atoms with E-state index in [1.54, 1.807) is 5.69 Å². The first-order chi connectivity index (χ1) is 12.4. The van der Waals surface area contributed by atoms with Crippen LogP contribution < -0.4 is 9.30 Å². The Bertz CT molecular complexity index is 696. The zero-order valence-electron chi connectivity index (χ0n) is 15.5. The highest BCUT2D eigenvalue weighted by Gasteiger charge is 2.31. The highest BCUT2D eigenvalue weighted by molar-refractivity contribution is 5.32. The van der Waals surface area contributed by atoms with Crippen LogP contribution in [-0.4, -0.2) is 11.2 Å². The maximum absolute atomic E-state index is 5.62. The maximum Gasteiger partial charge on any atom is 0.261 e. The topological polar surface area (TPSA) is 18.0 Å². The molecule has 1 aliphatic carbocycles. The maximum atomic E-state index is 5.62. The van der Waals surface area contributed by atoms with Crippen LogP contribution in [0.2, 0.25) is 0 Å². The molecule has 3 nitrogen and oxygen atoms in total. The molecule has 0 atom stereocenters. The van der Waals surface area contributed by atoms with E-state index in [4.69, 9.17) is 4.74 Å². The lowest BCUT2D eigenvalue weighted by Gasteiger charge is -2.19. The molecule has 2 aliphatic rings. The summed E-state index contributed by atoms with van der Waals surface area (Å²) in [6, 6.07) is 8.63. The average Bonchev–Trinajstić information content (AvgIpc) is 2.85. The van der Waals surface area contributed by atoms with Gasteiger partial charge in [-0.25, -0.2) is 4.57 Å². The van der Waals surface area contributed by atoms with E-state index < -0.39 is 0 Å². The Morgan fingerprint density at radius 2 is 1.76 bits per heavy atom. The van der Waals surface area contributed by atoms with Gasteiger partial charge in [0.25, 0.3) is 5.82 Å². The van der Waals surface area contributed by atoms with E-state index in [9.17, 15) is 0 Å². The molecule has 2 aromatic rings. The summed E-state index contributed by atoms with van der Waals surface area (Å²) in [5.74, 6) is 3.22. The van der Waals surface area contributed by atoms with Gasteiger partial charge in [0.05, 0.1) is 13.2 Å². The molecule has 1 aromatic heterocycles.